The fraction of sp³-hybridized carbons (Fsp3) is 0.481. The van der Waals surface area contributed by atoms with Gasteiger partial charge in [-0.1, -0.05) is 38.1 Å². The van der Waals surface area contributed by atoms with Crippen molar-refractivity contribution < 1.29 is 18.7 Å². The smallest absolute Gasteiger partial charge is 0.234 e. The zero-order valence-electron chi connectivity index (χ0n) is 20.4. The number of carbonyl (C=O) groups is 2. The predicted octanol–water partition coefficient (Wildman–Crippen LogP) is 3.81. The maximum atomic E-state index is 13.3. The van der Waals surface area contributed by atoms with Gasteiger partial charge in [0.25, 0.3) is 0 Å². The number of benzene rings is 2. The standard InChI is InChI=1S/C27H36FN3O3/c1-20(2)27(22-8-10-23(28)11-9-22)29-25(32)19-30-15-4-16-31(18-17-30)26(33)14-7-21-5-12-24(34-3)13-6-21/h5-6,8-13,20,27H,4,7,14-19H2,1-3H3,(H,29,32). The van der Waals surface area contributed by atoms with Gasteiger partial charge in [-0.3, -0.25) is 14.5 Å². The topological polar surface area (TPSA) is 61.9 Å². The Labute approximate surface area is 202 Å². The summed E-state index contributed by atoms with van der Waals surface area (Å²) >= 11 is 0. The molecule has 1 atom stereocenters. The lowest BCUT2D eigenvalue weighted by Crippen LogP contribution is -2.42. The Morgan fingerprint density at radius 3 is 2.35 bits per heavy atom. The van der Waals surface area contributed by atoms with Crippen LogP contribution in [0.15, 0.2) is 48.5 Å². The largest absolute Gasteiger partial charge is 0.497 e. The number of carbonyl (C=O) groups excluding carboxylic acids is 2. The lowest BCUT2D eigenvalue weighted by Gasteiger charge is -2.26. The molecule has 1 fully saturated rings. The molecule has 2 amide bonds. The molecule has 1 aliphatic heterocycles. The minimum atomic E-state index is -0.287. The van der Waals surface area contributed by atoms with E-state index < -0.39 is 0 Å². The van der Waals surface area contributed by atoms with Gasteiger partial charge in [-0.05, 0) is 54.2 Å². The van der Waals surface area contributed by atoms with Crippen LogP contribution in [0.2, 0.25) is 0 Å². The van der Waals surface area contributed by atoms with Crippen molar-refractivity contribution in [3.63, 3.8) is 0 Å². The van der Waals surface area contributed by atoms with E-state index in [4.69, 9.17) is 4.74 Å². The van der Waals surface area contributed by atoms with Crippen molar-refractivity contribution in [3.8, 4) is 5.75 Å². The summed E-state index contributed by atoms with van der Waals surface area (Å²) in [5, 5.41) is 3.11. The molecule has 1 unspecified atom stereocenters. The summed E-state index contributed by atoms with van der Waals surface area (Å²) < 4.78 is 18.5. The molecule has 34 heavy (non-hydrogen) atoms. The first-order valence-electron chi connectivity index (χ1n) is 12.0. The first kappa shape index (κ1) is 25.7. The molecule has 0 bridgehead atoms. The van der Waals surface area contributed by atoms with Crippen molar-refractivity contribution in [1.82, 2.24) is 15.1 Å². The van der Waals surface area contributed by atoms with Gasteiger partial charge in [0, 0.05) is 32.6 Å². The third kappa shape index (κ3) is 7.55. The van der Waals surface area contributed by atoms with Gasteiger partial charge < -0.3 is 15.0 Å². The monoisotopic (exact) mass is 469 g/mol. The van der Waals surface area contributed by atoms with Crippen molar-refractivity contribution in [2.75, 3.05) is 39.8 Å². The Bertz CT molecular complexity index is 931. The number of halogens is 1. The molecule has 2 aromatic carbocycles. The minimum absolute atomic E-state index is 0.0534. The summed E-state index contributed by atoms with van der Waals surface area (Å²) in [4.78, 5) is 29.6. The highest BCUT2D eigenvalue weighted by Gasteiger charge is 2.23. The van der Waals surface area contributed by atoms with Gasteiger partial charge in [0.15, 0.2) is 0 Å². The third-order valence-electron chi connectivity index (χ3n) is 6.31. The first-order valence-corrected chi connectivity index (χ1v) is 12.0. The number of hydrogen-bond acceptors (Lipinski definition) is 4. The molecular formula is C27H36FN3O3. The molecule has 3 rings (SSSR count). The molecule has 7 heteroatoms. The maximum Gasteiger partial charge on any atom is 0.234 e. The van der Waals surface area contributed by atoms with E-state index in [1.165, 1.54) is 12.1 Å². The van der Waals surface area contributed by atoms with Gasteiger partial charge in [0.2, 0.25) is 11.8 Å². The van der Waals surface area contributed by atoms with E-state index >= 15 is 0 Å². The second kappa shape index (κ2) is 12.5. The fourth-order valence-electron chi connectivity index (χ4n) is 4.31. The predicted molar refractivity (Wildman–Crippen MR) is 131 cm³/mol. The van der Waals surface area contributed by atoms with Crippen molar-refractivity contribution in [2.24, 2.45) is 5.92 Å². The van der Waals surface area contributed by atoms with Gasteiger partial charge in [0.05, 0.1) is 19.7 Å². The van der Waals surface area contributed by atoms with E-state index in [-0.39, 0.29) is 36.1 Å². The van der Waals surface area contributed by atoms with Crippen LogP contribution in [0.3, 0.4) is 0 Å². The number of rotatable bonds is 9. The van der Waals surface area contributed by atoms with E-state index in [1.807, 2.05) is 43.0 Å². The minimum Gasteiger partial charge on any atom is -0.497 e. The fourth-order valence-corrected chi connectivity index (χ4v) is 4.31. The van der Waals surface area contributed by atoms with Gasteiger partial charge in [-0.2, -0.15) is 0 Å². The summed E-state index contributed by atoms with van der Waals surface area (Å²) in [7, 11) is 1.64. The summed E-state index contributed by atoms with van der Waals surface area (Å²) in [6.07, 6.45) is 2.01. The molecule has 0 aliphatic carbocycles. The number of ether oxygens (including phenoxy) is 1. The summed E-state index contributed by atoms with van der Waals surface area (Å²) in [6.45, 7) is 7.15. The molecule has 0 spiro atoms. The molecular weight excluding hydrogens is 433 g/mol. The average molecular weight is 470 g/mol. The van der Waals surface area contributed by atoms with Gasteiger partial charge >= 0.3 is 0 Å². The van der Waals surface area contributed by atoms with Crippen LogP contribution in [0.4, 0.5) is 4.39 Å². The van der Waals surface area contributed by atoms with E-state index in [0.29, 0.717) is 32.5 Å². The first-order chi connectivity index (χ1) is 16.4. The lowest BCUT2D eigenvalue weighted by molar-refractivity contribution is -0.131. The summed E-state index contributed by atoms with van der Waals surface area (Å²) in [5.41, 5.74) is 2.01. The Morgan fingerprint density at radius 1 is 1.00 bits per heavy atom. The van der Waals surface area contributed by atoms with Crippen molar-refractivity contribution in [2.45, 2.75) is 39.2 Å². The second-order valence-corrected chi connectivity index (χ2v) is 9.20. The number of nitrogens with zero attached hydrogens (tertiary/aromatic N) is 2. The Morgan fingerprint density at radius 2 is 1.71 bits per heavy atom. The number of amides is 2. The SMILES string of the molecule is COc1ccc(CCC(=O)N2CCCN(CC(=O)NC(c3ccc(F)cc3)C(C)C)CC2)cc1. The molecule has 6 nitrogen and oxygen atoms in total. The molecule has 2 aromatic rings. The van der Waals surface area contributed by atoms with E-state index in [1.54, 1.807) is 19.2 Å². The van der Waals surface area contributed by atoms with Gasteiger partial charge in [-0.25, -0.2) is 4.39 Å². The number of nitrogens with one attached hydrogen (secondary N) is 1. The zero-order valence-corrected chi connectivity index (χ0v) is 20.4. The molecule has 1 N–H and O–H groups in total. The Balaban J connectivity index is 1.46. The van der Waals surface area contributed by atoms with Crippen LogP contribution in [0.25, 0.3) is 0 Å². The van der Waals surface area contributed by atoms with Crippen molar-refractivity contribution >= 4 is 11.8 Å². The summed E-state index contributed by atoms with van der Waals surface area (Å²) in [5.74, 6) is 0.798. The molecule has 0 saturated carbocycles. The molecule has 184 valence electrons. The maximum absolute atomic E-state index is 13.3. The highest BCUT2D eigenvalue weighted by molar-refractivity contribution is 5.79. The quantitative estimate of drug-likeness (QED) is 0.607. The molecule has 0 radical (unpaired) electrons. The zero-order chi connectivity index (χ0) is 24.5. The van der Waals surface area contributed by atoms with Crippen LogP contribution in [-0.2, 0) is 16.0 Å². The van der Waals surface area contributed by atoms with Gasteiger partial charge in [-0.15, -0.1) is 0 Å². The van der Waals surface area contributed by atoms with Gasteiger partial charge in [0.1, 0.15) is 11.6 Å². The molecule has 1 aliphatic rings. The highest BCUT2D eigenvalue weighted by atomic mass is 19.1. The van der Waals surface area contributed by atoms with Crippen molar-refractivity contribution in [1.29, 1.82) is 0 Å². The Hall–Kier alpha value is -2.93. The number of hydrogen-bond donors (Lipinski definition) is 1. The number of methoxy groups -OCH3 is 1. The van der Waals surface area contributed by atoms with E-state index in [0.717, 1.165) is 29.8 Å². The van der Waals surface area contributed by atoms with Crippen molar-refractivity contribution in [3.05, 3.63) is 65.5 Å². The highest BCUT2D eigenvalue weighted by Crippen LogP contribution is 2.22. The third-order valence-corrected chi connectivity index (χ3v) is 6.31. The van der Waals surface area contributed by atoms with Crippen LogP contribution >= 0.6 is 0 Å². The lowest BCUT2D eigenvalue weighted by atomic mass is 9.96. The average Bonchev–Trinajstić information content (AvgIpc) is 3.07. The molecule has 1 heterocycles. The van der Waals surface area contributed by atoms with E-state index in [2.05, 4.69) is 10.2 Å². The van der Waals surface area contributed by atoms with Crippen LogP contribution in [0, 0.1) is 11.7 Å². The van der Waals surface area contributed by atoms with Crippen LogP contribution < -0.4 is 10.1 Å². The normalized spacial score (nSPS) is 15.6. The summed E-state index contributed by atoms with van der Waals surface area (Å²) in [6, 6.07) is 13.9. The molecule has 0 aromatic heterocycles. The number of aryl methyl sites for hydroxylation is 1. The van der Waals surface area contributed by atoms with Crippen LogP contribution in [-0.4, -0.2) is 61.4 Å². The van der Waals surface area contributed by atoms with Crippen LogP contribution in [0.1, 0.15) is 43.9 Å². The van der Waals surface area contributed by atoms with Crippen LogP contribution in [0.5, 0.6) is 5.75 Å². The van der Waals surface area contributed by atoms with E-state index in [9.17, 15) is 14.0 Å². The molecule has 1 saturated heterocycles. The Kier molecular flexibility index (Phi) is 9.45. The second-order valence-electron chi connectivity index (χ2n) is 9.20.